The van der Waals surface area contributed by atoms with E-state index < -0.39 is 0 Å². The first-order valence-electron chi connectivity index (χ1n) is 5.93. The third-order valence-electron chi connectivity index (χ3n) is 2.45. The lowest BCUT2D eigenvalue weighted by Crippen LogP contribution is -2.32. The van der Waals surface area contributed by atoms with Gasteiger partial charge in [0, 0.05) is 12.1 Å². The summed E-state index contributed by atoms with van der Waals surface area (Å²) < 4.78 is 5.25. The number of nitrogens with two attached hydrogens (primary N) is 1. The van der Waals surface area contributed by atoms with Gasteiger partial charge in [-0.3, -0.25) is 0 Å². The van der Waals surface area contributed by atoms with E-state index in [1.165, 1.54) is 0 Å². The molecule has 94 valence electrons. The van der Waals surface area contributed by atoms with Crippen LogP contribution in [0.15, 0.2) is 29.3 Å². The minimum absolute atomic E-state index is 0.490. The van der Waals surface area contributed by atoms with E-state index in [1.807, 2.05) is 24.3 Å². The summed E-state index contributed by atoms with van der Waals surface area (Å²) in [6.07, 6.45) is 2.25. The number of benzene rings is 1. The SMILES string of the molecule is CCCCNC(N)=NCc1ccccc1OC. The number of ether oxygens (including phenoxy) is 1. The Balaban J connectivity index is 2.50. The number of guanidine groups is 1. The lowest BCUT2D eigenvalue weighted by atomic mass is 10.2. The van der Waals surface area contributed by atoms with E-state index >= 15 is 0 Å². The van der Waals surface area contributed by atoms with Crippen molar-refractivity contribution in [3.8, 4) is 5.75 Å². The molecule has 0 aliphatic rings. The van der Waals surface area contributed by atoms with Crippen molar-refractivity contribution in [1.29, 1.82) is 0 Å². The summed E-state index contributed by atoms with van der Waals surface area (Å²) in [6, 6.07) is 7.82. The number of nitrogens with zero attached hydrogens (tertiary/aromatic N) is 1. The van der Waals surface area contributed by atoms with Gasteiger partial charge in [0.1, 0.15) is 5.75 Å². The van der Waals surface area contributed by atoms with Crippen LogP contribution in [0.2, 0.25) is 0 Å². The standard InChI is InChI=1S/C13H21N3O/c1-3-4-9-15-13(14)16-10-11-7-5-6-8-12(11)17-2/h5-8H,3-4,9-10H2,1-2H3,(H3,14,15,16). The van der Waals surface area contributed by atoms with E-state index in [9.17, 15) is 0 Å². The Morgan fingerprint density at radius 2 is 2.18 bits per heavy atom. The molecule has 0 aromatic heterocycles. The molecule has 0 amide bonds. The molecule has 1 aromatic carbocycles. The predicted octanol–water partition coefficient (Wildman–Crippen LogP) is 1.90. The van der Waals surface area contributed by atoms with Crippen LogP contribution >= 0.6 is 0 Å². The number of rotatable bonds is 6. The van der Waals surface area contributed by atoms with Gasteiger partial charge in [0.2, 0.25) is 0 Å². The number of aliphatic imine (C=N–C) groups is 1. The Morgan fingerprint density at radius 3 is 2.88 bits per heavy atom. The van der Waals surface area contributed by atoms with Crippen LogP contribution in [0, 0.1) is 0 Å². The minimum Gasteiger partial charge on any atom is -0.496 e. The summed E-state index contributed by atoms with van der Waals surface area (Å²) in [5.41, 5.74) is 6.79. The molecule has 3 N–H and O–H groups in total. The summed E-state index contributed by atoms with van der Waals surface area (Å²) in [5.74, 6) is 1.34. The van der Waals surface area contributed by atoms with E-state index in [0.29, 0.717) is 12.5 Å². The highest BCUT2D eigenvalue weighted by atomic mass is 16.5. The molecule has 0 atom stereocenters. The Bertz CT molecular complexity index is 363. The maximum absolute atomic E-state index is 5.75. The second-order valence-electron chi connectivity index (χ2n) is 3.79. The highest BCUT2D eigenvalue weighted by Gasteiger charge is 2.00. The van der Waals surface area contributed by atoms with Gasteiger partial charge in [-0.1, -0.05) is 31.5 Å². The first-order chi connectivity index (χ1) is 8.27. The van der Waals surface area contributed by atoms with Crippen molar-refractivity contribution < 1.29 is 4.74 Å². The van der Waals surface area contributed by atoms with Crippen LogP contribution in [0.3, 0.4) is 0 Å². The molecular formula is C13H21N3O. The molecule has 0 heterocycles. The van der Waals surface area contributed by atoms with Gasteiger partial charge in [-0.2, -0.15) is 0 Å². The first-order valence-corrected chi connectivity index (χ1v) is 5.93. The highest BCUT2D eigenvalue weighted by Crippen LogP contribution is 2.17. The third-order valence-corrected chi connectivity index (χ3v) is 2.45. The fourth-order valence-electron chi connectivity index (χ4n) is 1.45. The van der Waals surface area contributed by atoms with Gasteiger partial charge in [0.25, 0.3) is 0 Å². The van der Waals surface area contributed by atoms with Crippen molar-refractivity contribution in [1.82, 2.24) is 5.32 Å². The quantitative estimate of drug-likeness (QED) is 0.450. The van der Waals surface area contributed by atoms with Crippen LogP contribution in [0.25, 0.3) is 0 Å². The second-order valence-corrected chi connectivity index (χ2v) is 3.79. The van der Waals surface area contributed by atoms with E-state index in [-0.39, 0.29) is 0 Å². The molecule has 0 unspecified atom stereocenters. The van der Waals surface area contributed by atoms with E-state index in [2.05, 4.69) is 17.2 Å². The van der Waals surface area contributed by atoms with E-state index in [1.54, 1.807) is 7.11 Å². The molecule has 0 spiro atoms. The molecule has 17 heavy (non-hydrogen) atoms. The Kier molecular flexibility index (Phi) is 5.93. The van der Waals surface area contributed by atoms with Crippen LogP contribution in [-0.4, -0.2) is 19.6 Å². The monoisotopic (exact) mass is 235 g/mol. The number of hydrogen-bond donors (Lipinski definition) is 2. The van der Waals surface area contributed by atoms with Crippen molar-refractivity contribution in [3.05, 3.63) is 29.8 Å². The molecule has 0 aliphatic heterocycles. The van der Waals surface area contributed by atoms with Gasteiger partial charge in [-0.05, 0) is 12.5 Å². The minimum atomic E-state index is 0.490. The number of methoxy groups -OCH3 is 1. The molecule has 4 heteroatoms. The zero-order valence-corrected chi connectivity index (χ0v) is 10.6. The molecule has 4 nitrogen and oxygen atoms in total. The lowest BCUT2D eigenvalue weighted by molar-refractivity contribution is 0.410. The highest BCUT2D eigenvalue weighted by molar-refractivity contribution is 5.77. The normalized spacial score (nSPS) is 11.3. The fourth-order valence-corrected chi connectivity index (χ4v) is 1.45. The smallest absolute Gasteiger partial charge is 0.188 e. The third kappa shape index (κ3) is 4.76. The maximum Gasteiger partial charge on any atom is 0.188 e. The molecule has 0 saturated carbocycles. The van der Waals surface area contributed by atoms with Crippen LogP contribution in [0.1, 0.15) is 25.3 Å². The van der Waals surface area contributed by atoms with Crippen LogP contribution in [0.4, 0.5) is 0 Å². The molecule has 1 rings (SSSR count). The number of hydrogen-bond acceptors (Lipinski definition) is 2. The molecule has 1 aromatic rings. The summed E-state index contributed by atoms with van der Waals surface area (Å²) >= 11 is 0. The lowest BCUT2D eigenvalue weighted by Gasteiger charge is -2.07. The molecule has 0 saturated heterocycles. The average Bonchev–Trinajstić information content (AvgIpc) is 2.37. The number of nitrogens with one attached hydrogen (secondary N) is 1. The van der Waals surface area contributed by atoms with Crippen molar-refractivity contribution in [2.24, 2.45) is 10.7 Å². The Morgan fingerprint density at radius 1 is 1.41 bits per heavy atom. The summed E-state index contributed by atoms with van der Waals surface area (Å²) in [4.78, 5) is 4.28. The Hall–Kier alpha value is -1.71. The maximum atomic E-state index is 5.75. The fraction of sp³-hybridized carbons (Fsp3) is 0.462. The van der Waals surface area contributed by atoms with Crippen LogP contribution < -0.4 is 15.8 Å². The van der Waals surface area contributed by atoms with Gasteiger partial charge in [0.15, 0.2) is 5.96 Å². The number of unbranched alkanes of at least 4 members (excludes halogenated alkanes) is 1. The van der Waals surface area contributed by atoms with Crippen molar-refractivity contribution in [2.75, 3.05) is 13.7 Å². The van der Waals surface area contributed by atoms with Crippen molar-refractivity contribution >= 4 is 5.96 Å². The molecule has 0 fully saturated rings. The van der Waals surface area contributed by atoms with Gasteiger partial charge in [-0.25, -0.2) is 4.99 Å². The second kappa shape index (κ2) is 7.54. The largest absolute Gasteiger partial charge is 0.496 e. The summed E-state index contributed by atoms with van der Waals surface area (Å²) in [6.45, 7) is 3.55. The van der Waals surface area contributed by atoms with Crippen LogP contribution in [-0.2, 0) is 6.54 Å². The van der Waals surface area contributed by atoms with Gasteiger partial charge in [0.05, 0.1) is 13.7 Å². The summed E-state index contributed by atoms with van der Waals surface area (Å²) in [7, 11) is 1.66. The van der Waals surface area contributed by atoms with Gasteiger partial charge >= 0.3 is 0 Å². The predicted molar refractivity (Wildman–Crippen MR) is 71.2 cm³/mol. The average molecular weight is 235 g/mol. The molecule has 0 bridgehead atoms. The number of para-hydroxylation sites is 1. The van der Waals surface area contributed by atoms with Crippen molar-refractivity contribution in [2.45, 2.75) is 26.3 Å². The molecule has 0 aliphatic carbocycles. The van der Waals surface area contributed by atoms with Crippen LogP contribution in [0.5, 0.6) is 5.75 Å². The Labute approximate surface area is 103 Å². The van der Waals surface area contributed by atoms with E-state index in [0.717, 1.165) is 30.7 Å². The van der Waals surface area contributed by atoms with Gasteiger partial charge < -0.3 is 15.8 Å². The van der Waals surface area contributed by atoms with Gasteiger partial charge in [-0.15, -0.1) is 0 Å². The first kappa shape index (κ1) is 13.4. The molecule has 0 radical (unpaired) electrons. The topological polar surface area (TPSA) is 59.6 Å². The van der Waals surface area contributed by atoms with Crippen molar-refractivity contribution in [3.63, 3.8) is 0 Å². The van der Waals surface area contributed by atoms with E-state index in [4.69, 9.17) is 10.5 Å². The zero-order valence-electron chi connectivity index (χ0n) is 10.6. The zero-order chi connectivity index (χ0) is 12.5. The summed E-state index contributed by atoms with van der Waals surface area (Å²) in [5, 5.41) is 3.08. The molecular weight excluding hydrogens is 214 g/mol.